The molecule has 3 N–H and O–H groups in total. The summed E-state index contributed by atoms with van der Waals surface area (Å²) in [5.41, 5.74) is 4.94. The fraction of sp³-hybridized carbons (Fsp3) is 0.200. The van der Waals surface area contributed by atoms with Crippen LogP contribution in [0.25, 0.3) is 0 Å². The smallest absolute Gasteiger partial charge is 0.246 e. The zero-order valence-corrected chi connectivity index (χ0v) is 6.82. The van der Waals surface area contributed by atoms with Gasteiger partial charge in [-0.2, -0.15) is 17.6 Å². The molecule has 0 fully saturated rings. The lowest BCUT2D eigenvalue weighted by Gasteiger charge is -2.00. The van der Waals surface area contributed by atoms with Gasteiger partial charge >= 0.3 is 0 Å². The molecule has 6 nitrogen and oxygen atoms in total. The molecule has 7 heteroatoms. The third-order valence-corrected chi connectivity index (χ3v) is 1.45. The van der Waals surface area contributed by atoms with Crippen LogP contribution in [0.5, 0.6) is 5.88 Å². The third kappa shape index (κ3) is 1.45. The molecule has 0 aliphatic heterocycles. The molecule has 0 atom stereocenters. The molecule has 0 aliphatic carbocycles. The summed E-state index contributed by atoms with van der Waals surface area (Å²) < 4.78 is 0. The van der Waals surface area contributed by atoms with E-state index in [1.165, 1.54) is 0 Å². The average Bonchev–Trinajstić information content (AvgIpc) is 2.03. The maximum absolute atomic E-state index is 10.1. The first-order valence-corrected chi connectivity index (χ1v) is 3.62. The third-order valence-electron chi connectivity index (χ3n) is 1.17. The number of hydrogen-bond donors (Lipinski definition) is 3. The summed E-state index contributed by atoms with van der Waals surface area (Å²) in [6.07, 6.45) is 0. The van der Waals surface area contributed by atoms with Crippen LogP contribution in [-0.2, 0) is 5.75 Å². The predicted octanol–water partition coefficient (Wildman–Crippen LogP) is 0.592. The van der Waals surface area contributed by atoms with Gasteiger partial charge in [-0.15, -0.1) is 4.91 Å². The number of nitrogens with two attached hydrogens (primary N) is 1. The van der Waals surface area contributed by atoms with Gasteiger partial charge in [0.2, 0.25) is 11.6 Å². The molecule has 0 spiro atoms. The van der Waals surface area contributed by atoms with Crippen molar-refractivity contribution in [3.8, 4) is 5.88 Å². The van der Waals surface area contributed by atoms with Crippen molar-refractivity contribution in [2.24, 2.45) is 5.18 Å². The van der Waals surface area contributed by atoms with Gasteiger partial charge in [0.15, 0.2) is 5.82 Å². The fourth-order valence-corrected chi connectivity index (χ4v) is 0.806. The van der Waals surface area contributed by atoms with Crippen molar-refractivity contribution < 1.29 is 5.11 Å². The number of anilines is 1. The van der Waals surface area contributed by atoms with Crippen molar-refractivity contribution in [2.75, 3.05) is 5.73 Å². The van der Waals surface area contributed by atoms with Crippen molar-refractivity contribution in [3.63, 3.8) is 0 Å². The number of nitroso groups, excluding NO2 is 1. The second kappa shape index (κ2) is 3.35. The maximum Gasteiger partial charge on any atom is 0.246 e. The summed E-state index contributed by atoms with van der Waals surface area (Å²) in [6, 6.07) is 0. The van der Waals surface area contributed by atoms with Crippen LogP contribution < -0.4 is 5.73 Å². The molecule has 0 aliphatic rings. The van der Waals surface area contributed by atoms with Gasteiger partial charge in [-0.1, -0.05) is 0 Å². The van der Waals surface area contributed by atoms with Crippen LogP contribution in [-0.4, -0.2) is 15.1 Å². The SMILES string of the molecule is Nc1nc(CS)nc(O)c1N=O. The molecule has 1 aromatic rings. The molecule has 1 heterocycles. The summed E-state index contributed by atoms with van der Waals surface area (Å²) >= 11 is 3.87. The van der Waals surface area contributed by atoms with Crippen LogP contribution in [0.2, 0.25) is 0 Å². The van der Waals surface area contributed by atoms with Gasteiger partial charge in [-0.25, -0.2) is 4.98 Å². The minimum absolute atomic E-state index is 0.137. The van der Waals surface area contributed by atoms with Gasteiger partial charge in [0.25, 0.3) is 0 Å². The highest BCUT2D eigenvalue weighted by Crippen LogP contribution is 2.28. The second-order valence-corrected chi connectivity index (χ2v) is 2.26. The zero-order valence-electron chi connectivity index (χ0n) is 5.93. The number of aromatic nitrogens is 2. The van der Waals surface area contributed by atoms with Crippen molar-refractivity contribution in [3.05, 3.63) is 10.7 Å². The lowest BCUT2D eigenvalue weighted by atomic mass is 10.4. The second-order valence-electron chi connectivity index (χ2n) is 1.95. The maximum atomic E-state index is 10.1. The van der Waals surface area contributed by atoms with Gasteiger partial charge in [0.1, 0.15) is 5.82 Å². The molecule has 12 heavy (non-hydrogen) atoms. The number of hydrogen-bond acceptors (Lipinski definition) is 7. The lowest BCUT2D eigenvalue weighted by Crippen LogP contribution is -1.97. The van der Waals surface area contributed by atoms with E-state index >= 15 is 0 Å². The summed E-state index contributed by atoms with van der Waals surface area (Å²) in [5, 5.41) is 11.5. The van der Waals surface area contributed by atoms with Crippen LogP contribution in [0.1, 0.15) is 5.82 Å². The van der Waals surface area contributed by atoms with E-state index in [-0.39, 0.29) is 23.1 Å². The van der Waals surface area contributed by atoms with E-state index in [9.17, 15) is 4.91 Å². The van der Waals surface area contributed by atoms with Crippen LogP contribution in [0, 0.1) is 4.91 Å². The minimum atomic E-state index is -0.512. The summed E-state index contributed by atoms with van der Waals surface area (Å²) in [5.74, 6) is -0.166. The Hall–Kier alpha value is -1.37. The van der Waals surface area contributed by atoms with Crippen LogP contribution in [0.3, 0.4) is 0 Å². The lowest BCUT2D eigenvalue weighted by molar-refractivity contribution is 0.452. The van der Waals surface area contributed by atoms with E-state index in [2.05, 4.69) is 27.8 Å². The number of rotatable bonds is 2. The number of nitrogen functional groups attached to an aromatic ring is 1. The molecule has 1 aromatic heterocycles. The molecular weight excluding hydrogens is 180 g/mol. The van der Waals surface area contributed by atoms with Crippen molar-refractivity contribution in [2.45, 2.75) is 5.75 Å². The molecular formula is C5H6N4O2S. The van der Waals surface area contributed by atoms with E-state index in [0.717, 1.165) is 0 Å². The highest BCUT2D eigenvalue weighted by molar-refractivity contribution is 7.79. The largest absolute Gasteiger partial charge is 0.492 e. The topological polar surface area (TPSA) is 101 Å². The molecule has 0 amide bonds. The fourth-order valence-electron chi connectivity index (χ4n) is 0.665. The normalized spacial score (nSPS) is 9.75. The Morgan fingerprint density at radius 1 is 1.58 bits per heavy atom. The van der Waals surface area contributed by atoms with Crippen molar-refractivity contribution in [1.29, 1.82) is 0 Å². The number of nitrogens with zero attached hydrogens (tertiary/aromatic N) is 3. The highest BCUT2D eigenvalue weighted by Gasteiger charge is 2.10. The first-order chi connectivity index (χ1) is 5.69. The van der Waals surface area contributed by atoms with Gasteiger partial charge in [-0.3, -0.25) is 0 Å². The van der Waals surface area contributed by atoms with E-state index in [1.54, 1.807) is 0 Å². The first kappa shape index (κ1) is 8.72. The summed E-state index contributed by atoms with van der Waals surface area (Å²) in [4.78, 5) is 17.2. The van der Waals surface area contributed by atoms with E-state index in [4.69, 9.17) is 10.8 Å². The van der Waals surface area contributed by atoms with Crippen molar-refractivity contribution >= 4 is 24.1 Å². The van der Waals surface area contributed by atoms with Gasteiger partial charge in [0, 0.05) is 0 Å². The number of aromatic hydroxyl groups is 1. The summed E-state index contributed by atoms with van der Waals surface area (Å²) in [7, 11) is 0. The minimum Gasteiger partial charge on any atom is -0.492 e. The molecule has 1 rings (SSSR count). The zero-order chi connectivity index (χ0) is 9.14. The Bertz CT molecular complexity index is 293. The van der Waals surface area contributed by atoms with E-state index < -0.39 is 5.88 Å². The van der Waals surface area contributed by atoms with Crippen LogP contribution in [0.4, 0.5) is 11.5 Å². The Morgan fingerprint density at radius 3 is 2.67 bits per heavy atom. The Balaban J connectivity index is 3.27. The molecule has 0 radical (unpaired) electrons. The molecule has 0 unspecified atom stereocenters. The van der Waals surface area contributed by atoms with E-state index in [0.29, 0.717) is 0 Å². The Labute approximate surface area is 73.2 Å². The van der Waals surface area contributed by atoms with Gasteiger partial charge in [-0.05, 0) is 5.18 Å². The molecule has 0 bridgehead atoms. The quantitative estimate of drug-likeness (QED) is 0.463. The number of thiol groups is 1. The standard InChI is InChI=1S/C5H6N4O2S/c6-4-3(9-11)5(10)8-2(1-12)7-4/h12H,1H2,(H3,6,7,8,10). The van der Waals surface area contributed by atoms with Gasteiger partial charge < -0.3 is 10.8 Å². The predicted molar refractivity (Wildman–Crippen MR) is 46.3 cm³/mol. The van der Waals surface area contributed by atoms with Crippen LogP contribution >= 0.6 is 12.6 Å². The first-order valence-electron chi connectivity index (χ1n) is 2.98. The van der Waals surface area contributed by atoms with E-state index in [1.807, 2.05) is 0 Å². The van der Waals surface area contributed by atoms with Crippen molar-refractivity contribution in [1.82, 2.24) is 9.97 Å². The van der Waals surface area contributed by atoms with Crippen LogP contribution in [0.15, 0.2) is 5.18 Å². The molecule has 0 saturated heterocycles. The molecule has 0 aromatic carbocycles. The Morgan fingerprint density at radius 2 is 2.25 bits per heavy atom. The molecule has 64 valence electrons. The Kier molecular flexibility index (Phi) is 2.44. The monoisotopic (exact) mass is 186 g/mol. The summed E-state index contributed by atoms with van der Waals surface area (Å²) in [6.45, 7) is 0. The van der Waals surface area contributed by atoms with Gasteiger partial charge in [0.05, 0.1) is 5.75 Å². The molecule has 0 saturated carbocycles. The highest BCUT2D eigenvalue weighted by atomic mass is 32.1. The average molecular weight is 186 g/mol.